The van der Waals surface area contributed by atoms with E-state index in [-0.39, 0.29) is 18.1 Å². The third-order valence-corrected chi connectivity index (χ3v) is 6.70. The number of ether oxygens (including phenoxy) is 1. The highest BCUT2D eigenvalue weighted by Gasteiger charge is 2.29. The molecule has 152 valence electrons. The molecule has 1 aliphatic carbocycles. The van der Waals surface area contributed by atoms with E-state index in [0.29, 0.717) is 42.9 Å². The topological polar surface area (TPSA) is 82.4 Å². The molecule has 2 amide bonds. The van der Waals surface area contributed by atoms with Crippen LogP contribution in [0.5, 0.6) is 0 Å². The van der Waals surface area contributed by atoms with Crippen LogP contribution in [-0.2, 0) is 22.4 Å². The molecular formula is C21H23N3O3S2. The lowest BCUT2D eigenvalue weighted by molar-refractivity contribution is -0.111. The van der Waals surface area contributed by atoms with Gasteiger partial charge in [-0.15, -0.1) is 11.3 Å². The van der Waals surface area contributed by atoms with Gasteiger partial charge in [0, 0.05) is 30.5 Å². The van der Waals surface area contributed by atoms with Crippen LogP contribution in [0.25, 0.3) is 6.08 Å². The summed E-state index contributed by atoms with van der Waals surface area (Å²) in [6, 6.07) is 4.16. The highest BCUT2D eigenvalue weighted by atomic mass is 32.1. The average molecular weight is 430 g/mol. The standard InChI is InChI=1S/C21H23N3O3S2/c1-3-24(4-2)21(26)27-15-6-7-16-17(12-22)20(29-18(16)11-15)23-19(25)8-5-14-9-10-28-13-14/h5,8-10,13,15H,3-4,6-7,11H2,1-2H3,(H,23,25). The Morgan fingerprint density at radius 2 is 2.21 bits per heavy atom. The fourth-order valence-electron chi connectivity index (χ4n) is 3.26. The van der Waals surface area contributed by atoms with Crippen LogP contribution in [0.1, 0.15) is 41.8 Å². The van der Waals surface area contributed by atoms with Gasteiger partial charge in [0.1, 0.15) is 17.2 Å². The molecular weight excluding hydrogens is 406 g/mol. The second kappa shape index (κ2) is 9.72. The number of thiophene rings is 2. The van der Waals surface area contributed by atoms with E-state index in [2.05, 4.69) is 11.4 Å². The van der Waals surface area contributed by atoms with E-state index in [1.54, 1.807) is 22.3 Å². The number of nitrogens with zero attached hydrogens (tertiary/aromatic N) is 2. The molecule has 0 spiro atoms. The van der Waals surface area contributed by atoms with Crippen molar-refractivity contribution in [2.24, 2.45) is 0 Å². The zero-order valence-corrected chi connectivity index (χ0v) is 18.1. The van der Waals surface area contributed by atoms with Gasteiger partial charge in [0.2, 0.25) is 5.91 Å². The summed E-state index contributed by atoms with van der Waals surface area (Å²) in [4.78, 5) is 27.1. The van der Waals surface area contributed by atoms with E-state index in [0.717, 1.165) is 16.0 Å². The number of nitriles is 1. The van der Waals surface area contributed by atoms with Gasteiger partial charge in [-0.2, -0.15) is 16.6 Å². The van der Waals surface area contributed by atoms with Crippen molar-refractivity contribution in [3.05, 3.63) is 44.5 Å². The van der Waals surface area contributed by atoms with Gasteiger partial charge >= 0.3 is 6.09 Å². The zero-order chi connectivity index (χ0) is 20.8. The van der Waals surface area contributed by atoms with Crippen LogP contribution >= 0.6 is 22.7 Å². The molecule has 6 nitrogen and oxygen atoms in total. The number of rotatable bonds is 6. The highest BCUT2D eigenvalue weighted by Crippen LogP contribution is 2.38. The van der Waals surface area contributed by atoms with Gasteiger partial charge in [0.15, 0.2) is 0 Å². The van der Waals surface area contributed by atoms with Crippen molar-refractivity contribution in [1.82, 2.24) is 4.90 Å². The first kappa shape index (κ1) is 21.1. The zero-order valence-electron chi connectivity index (χ0n) is 16.4. The maximum Gasteiger partial charge on any atom is 0.410 e. The van der Waals surface area contributed by atoms with Gasteiger partial charge in [-0.1, -0.05) is 0 Å². The van der Waals surface area contributed by atoms with Crippen molar-refractivity contribution in [3.8, 4) is 6.07 Å². The average Bonchev–Trinajstić information content (AvgIpc) is 3.34. The summed E-state index contributed by atoms with van der Waals surface area (Å²) < 4.78 is 5.65. The molecule has 2 heterocycles. The number of anilines is 1. The summed E-state index contributed by atoms with van der Waals surface area (Å²) in [5, 5.41) is 16.9. The fourth-order valence-corrected chi connectivity index (χ4v) is 5.15. The van der Waals surface area contributed by atoms with Crippen molar-refractivity contribution in [2.45, 2.75) is 39.2 Å². The lowest BCUT2D eigenvalue weighted by atomic mass is 9.94. The second-order valence-corrected chi connectivity index (χ2v) is 8.51. The number of nitrogens with one attached hydrogen (secondary N) is 1. The fraction of sp³-hybridized carbons (Fsp3) is 0.381. The highest BCUT2D eigenvalue weighted by molar-refractivity contribution is 7.16. The molecule has 0 aromatic carbocycles. The Hall–Kier alpha value is -2.63. The predicted octanol–water partition coefficient (Wildman–Crippen LogP) is 4.67. The largest absolute Gasteiger partial charge is 0.446 e. The Kier molecular flexibility index (Phi) is 7.07. The van der Waals surface area contributed by atoms with Crippen LogP contribution in [0.2, 0.25) is 0 Å². The van der Waals surface area contributed by atoms with Crippen LogP contribution in [0.3, 0.4) is 0 Å². The molecule has 1 atom stereocenters. The monoisotopic (exact) mass is 429 g/mol. The number of amides is 2. The van der Waals surface area contributed by atoms with Gasteiger partial charge in [-0.25, -0.2) is 4.79 Å². The van der Waals surface area contributed by atoms with Crippen LogP contribution in [0.15, 0.2) is 22.9 Å². The predicted molar refractivity (Wildman–Crippen MR) is 116 cm³/mol. The van der Waals surface area contributed by atoms with E-state index >= 15 is 0 Å². The number of hydrogen-bond acceptors (Lipinski definition) is 6. The third kappa shape index (κ3) is 5.05. The molecule has 3 rings (SSSR count). The first-order valence-corrected chi connectivity index (χ1v) is 11.3. The molecule has 0 saturated heterocycles. The molecule has 0 fully saturated rings. The smallest absolute Gasteiger partial charge is 0.410 e. The minimum absolute atomic E-state index is 0.206. The van der Waals surface area contributed by atoms with E-state index < -0.39 is 0 Å². The molecule has 1 aliphatic rings. The molecule has 0 radical (unpaired) electrons. The van der Waals surface area contributed by atoms with E-state index in [9.17, 15) is 14.9 Å². The van der Waals surface area contributed by atoms with E-state index in [1.807, 2.05) is 30.7 Å². The SMILES string of the molecule is CCN(CC)C(=O)OC1CCc2c(sc(NC(=O)C=Cc3ccsc3)c2C#N)C1. The Morgan fingerprint density at radius 1 is 1.41 bits per heavy atom. The van der Waals surface area contributed by atoms with Crippen LogP contribution in [0.4, 0.5) is 9.80 Å². The molecule has 29 heavy (non-hydrogen) atoms. The van der Waals surface area contributed by atoms with Crippen molar-refractivity contribution in [1.29, 1.82) is 5.26 Å². The molecule has 2 aromatic heterocycles. The van der Waals surface area contributed by atoms with Crippen molar-refractivity contribution in [2.75, 3.05) is 18.4 Å². The van der Waals surface area contributed by atoms with Gasteiger partial charge in [0.05, 0.1) is 5.56 Å². The summed E-state index contributed by atoms with van der Waals surface area (Å²) in [5.74, 6) is -0.268. The number of hydrogen-bond donors (Lipinski definition) is 1. The minimum atomic E-state index is -0.299. The molecule has 2 aromatic rings. The molecule has 0 bridgehead atoms. The maximum absolute atomic E-state index is 12.3. The first-order chi connectivity index (χ1) is 14.0. The number of carbonyl (C=O) groups is 2. The summed E-state index contributed by atoms with van der Waals surface area (Å²) in [6.45, 7) is 5.06. The number of carbonyl (C=O) groups excluding carboxylic acids is 2. The lowest BCUT2D eigenvalue weighted by Crippen LogP contribution is -2.35. The van der Waals surface area contributed by atoms with Crippen molar-refractivity contribution < 1.29 is 14.3 Å². The Balaban J connectivity index is 1.69. The van der Waals surface area contributed by atoms with Crippen LogP contribution in [0, 0.1) is 11.3 Å². The quantitative estimate of drug-likeness (QED) is 0.677. The minimum Gasteiger partial charge on any atom is -0.446 e. The van der Waals surface area contributed by atoms with E-state index in [1.165, 1.54) is 17.4 Å². The van der Waals surface area contributed by atoms with Crippen LogP contribution < -0.4 is 5.32 Å². The van der Waals surface area contributed by atoms with E-state index in [4.69, 9.17) is 4.74 Å². The van der Waals surface area contributed by atoms with Gasteiger partial charge in [0.25, 0.3) is 0 Å². The van der Waals surface area contributed by atoms with Gasteiger partial charge < -0.3 is 15.0 Å². The van der Waals surface area contributed by atoms with Crippen molar-refractivity contribution in [3.63, 3.8) is 0 Å². The molecule has 0 saturated carbocycles. The number of fused-ring (bicyclic) bond motifs is 1. The first-order valence-electron chi connectivity index (χ1n) is 9.57. The normalized spacial score (nSPS) is 15.6. The third-order valence-electron chi connectivity index (χ3n) is 4.83. The Labute approximate surface area is 178 Å². The summed E-state index contributed by atoms with van der Waals surface area (Å²) in [7, 11) is 0. The summed E-state index contributed by atoms with van der Waals surface area (Å²) >= 11 is 2.96. The Morgan fingerprint density at radius 3 is 2.86 bits per heavy atom. The lowest BCUT2D eigenvalue weighted by Gasteiger charge is -2.26. The Bertz CT molecular complexity index is 937. The molecule has 1 N–H and O–H groups in total. The van der Waals surface area contributed by atoms with Gasteiger partial charge in [-0.05, 0) is 60.7 Å². The molecule has 8 heteroatoms. The van der Waals surface area contributed by atoms with Crippen LogP contribution in [-0.4, -0.2) is 36.1 Å². The molecule has 0 aliphatic heterocycles. The maximum atomic E-state index is 12.3. The summed E-state index contributed by atoms with van der Waals surface area (Å²) in [5.41, 5.74) is 2.45. The summed E-state index contributed by atoms with van der Waals surface area (Å²) in [6.07, 6.45) is 4.62. The molecule has 1 unspecified atom stereocenters. The second-order valence-electron chi connectivity index (χ2n) is 6.62. The van der Waals surface area contributed by atoms with Gasteiger partial charge in [-0.3, -0.25) is 4.79 Å². The van der Waals surface area contributed by atoms with Crippen molar-refractivity contribution >= 4 is 45.8 Å².